The van der Waals surface area contributed by atoms with Crippen LogP contribution in [0.2, 0.25) is 0 Å². The van der Waals surface area contributed by atoms with Crippen LogP contribution in [0.25, 0.3) is 0 Å². The Labute approximate surface area is 70.3 Å². The van der Waals surface area contributed by atoms with Crippen molar-refractivity contribution in [2.24, 2.45) is 5.10 Å². The Kier molecular flexibility index (Phi) is 1.52. The molecule has 3 heteroatoms. The van der Waals surface area contributed by atoms with Crippen LogP contribution in [0.5, 0.6) is 0 Å². The van der Waals surface area contributed by atoms with Gasteiger partial charge in [-0.25, -0.2) is 4.79 Å². The number of carbonyl (C=O) groups is 1. The summed E-state index contributed by atoms with van der Waals surface area (Å²) in [4.78, 5) is 11.4. The van der Waals surface area contributed by atoms with Gasteiger partial charge in [0.1, 0.15) is 0 Å². The highest BCUT2D eigenvalue weighted by Gasteiger charge is 2.19. The van der Waals surface area contributed by atoms with Crippen LogP contribution in [0.4, 0.5) is 0 Å². The fourth-order valence-electron chi connectivity index (χ4n) is 1.18. The van der Waals surface area contributed by atoms with E-state index in [0.29, 0.717) is 10.6 Å². The monoisotopic (exact) mass is 160 g/mol. The fraction of sp³-hybridized carbons (Fsp3) is 0. The van der Waals surface area contributed by atoms with Gasteiger partial charge in [0, 0.05) is 5.56 Å². The van der Waals surface area contributed by atoms with E-state index in [2.05, 4.69) is 12.1 Å². The van der Waals surface area contributed by atoms with E-state index in [0.717, 1.165) is 5.56 Å². The maximum Gasteiger partial charge on any atom is 0.344 e. The summed E-state index contributed by atoms with van der Waals surface area (Å²) in [7, 11) is 3.55. The Hall–Kier alpha value is -1.48. The first-order valence-corrected chi connectivity index (χ1v) is 3.66. The fourth-order valence-corrected chi connectivity index (χ4v) is 1.18. The number of quaternary nitrogens is 1. The number of amides is 1. The molecule has 0 bridgehead atoms. The van der Waals surface area contributed by atoms with Gasteiger partial charge in [-0.15, -0.1) is 12.1 Å². The number of hydrogen-bond acceptors (Lipinski definition) is 2. The van der Waals surface area contributed by atoms with Crippen molar-refractivity contribution in [3.05, 3.63) is 42.4 Å². The molecule has 12 heavy (non-hydrogen) atoms. The van der Waals surface area contributed by atoms with Crippen molar-refractivity contribution in [1.82, 2.24) is 0 Å². The molecule has 1 heterocycles. The van der Waals surface area contributed by atoms with Crippen molar-refractivity contribution < 1.29 is 9.80 Å². The molecule has 1 N–H and O–H groups in total. The highest BCUT2D eigenvalue weighted by atomic mass is 16.2. The molecule has 1 atom stereocenters. The van der Waals surface area contributed by atoms with E-state index in [1.54, 1.807) is 12.3 Å². The molecule has 0 fully saturated rings. The summed E-state index contributed by atoms with van der Waals surface area (Å²) in [5.74, 6) is -0.0758. The van der Waals surface area contributed by atoms with E-state index in [9.17, 15) is 4.79 Å². The first-order valence-electron chi connectivity index (χ1n) is 3.66. The van der Waals surface area contributed by atoms with Gasteiger partial charge in [0.2, 0.25) is 0 Å². The van der Waals surface area contributed by atoms with Crippen molar-refractivity contribution in [3.63, 3.8) is 0 Å². The van der Waals surface area contributed by atoms with Gasteiger partial charge >= 0.3 is 5.91 Å². The Balaban J connectivity index is 2.59. The van der Waals surface area contributed by atoms with Gasteiger partial charge < -0.3 is 0 Å². The van der Waals surface area contributed by atoms with Crippen molar-refractivity contribution >= 4 is 12.1 Å². The molecule has 1 aliphatic heterocycles. The molecular formula is C9H8N2O. The van der Waals surface area contributed by atoms with Crippen molar-refractivity contribution in [1.29, 1.82) is 0 Å². The first kappa shape index (κ1) is 7.18. The molecule has 0 spiro atoms. The van der Waals surface area contributed by atoms with Gasteiger partial charge in [0.15, 0.2) is 0 Å². The van der Waals surface area contributed by atoms with E-state index >= 15 is 0 Å². The number of hydrogen-bond donors (Lipinski definition) is 1. The summed E-state index contributed by atoms with van der Waals surface area (Å²) in [6.07, 6.45) is 1.67. The first-order chi connectivity index (χ1) is 5.79. The minimum atomic E-state index is -0.0758. The second kappa shape index (κ2) is 2.53. The zero-order valence-electron chi connectivity index (χ0n) is 6.45. The Morgan fingerprint density at radius 3 is 2.92 bits per heavy atom. The van der Waals surface area contributed by atoms with Gasteiger partial charge in [0.05, 0.1) is 11.8 Å². The van der Waals surface area contributed by atoms with E-state index in [-0.39, 0.29) is 5.91 Å². The smallest absolute Gasteiger partial charge is 0.272 e. The highest BCUT2D eigenvalue weighted by molar-refractivity contribution is 6.00. The van der Waals surface area contributed by atoms with Crippen LogP contribution in [0.15, 0.2) is 29.4 Å². The molecule has 0 saturated heterocycles. The molecule has 0 saturated carbocycles. The summed E-state index contributed by atoms with van der Waals surface area (Å²) in [5.41, 5.74) is 1.56. The molecule has 1 unspecified atom stereocenters. The molecule has 2 rings (SSSR count). The normalized spacial score (nSPS) is 20.8. The predicted octanol–water partition coefficient (Wildman–Crippen LogP) is -0.149. The minimum absolute atomic E-state index is 0.0758. The second-order valence-electron chi connectivity index (χ2n) is 2.62. The summed E-state index contributed by atoms with van der Waals surface area (Å²) in [6.45, 7) is 0. The Morgan fingerprint density at radius 2 is 2.08 bits per heavy atom. The Morgan fingerprint density at radius 1 is 1.33 bits per heavy atom. The molecule has 60 valence electrons. The predicted molar refractivity (Wildman–Crippen MR) is 44.7 cm³/mol. The van der Waals surface area contributed by atoms with Crippen LogP contribution < -0.4 is 5.01 Å². The van der Waals surface area contributed by atoms with Gasteiger partial charge in [0.25, 0.3) is 0 Å². The highest BCUT2D eigenvalue weighted by Crippen LogP contribution is 2.06. The van der Waals surface area contributed by atoms with E-state index < -0.39 is 0 Å². The number of carbonyl (C=O) groups excluding carboxylic acids is 1. The van der Waals surface area contributed by atoms with E-state index in [1.165, 1.54) is 0 Å². The van der Waals surface area contributed by atoms with Gasteiger partial charge in [-0.3, -0.25) is 5.01 Å². The Bertz CT molecular complexity index is 357. The maximum atomic E-state index is 11.4. The SMILES string of the molecule is [CH2-][NH+]1N=Cc2ccccc2C1=O. The average molecular weight is 160 g/mol. The number of nitrogens with one attached hydrogen (secondary N) is 1. The molecule has 0 radical (unpaired) electrons. The topological polar surface area (TPSA) is 33.9 Å². The van der Waals surface area contributed by atoms with Crippen LogP contribution in [0.1, 0.15) is 15.9 Å². The molecule has 1 aromatic carbocycles. The third kappa shape index (κ3) is 0.950. The third-order valence-electron chi connectivity index (χ3n) is 1.83. The molecule has 3 nitrogen and oxygen atoms in total. The van der Waals surface area contributed by atoms with Crippen LogP contribution in [-0.4, -0.2) is 12.1 Å². The van der Waals surface area contributed by atoms with E-state index in [1.807, 2.05) is 18.2 Å². The maximum absolute atomic E-state index is 11.4. The van der Waals surface area contributed by atoms with Gasteiger partial charge in [-0.2, -0.15) is 0 Å². The summed E-state index contributed by atoms with van der Waals surface area (Å²) in [5, 5.41) is 4.20. The van der Waals surface area contributed by atoms with Crippen molar-refractivity contribution in [2.45, 2.75) is 0 Å². The van der Waals surface area contributed by atoms with Crippen molar-refractivity contribution in [3.8, 4) is 0 Å². The van der Waals surface area contributed by atoms with Gasteiger partial charge in [-0.1, -0.05) is 18.2 Å². The molecule has 0 aliphatic carbocycles. The minimum Gasteiger partial charge on any atom is -0.272 e. The lowest BCUT2D eigenvalue weighted by atomic mass is 10.1. The lowest BCUT2D eigenvalue weighted by Gasteiger charge is -2.15. The largest absolute Gasteiger partial charge is 0.344 e. The lowest BCUT2D eigenvalue weighted by molar-refractivity contribution is -0.770. The zero-order chi connectivity index (χ0) is 8.55. The summed E-state index contributed by atoms with van der Waals surface area (Å²) >= 11 is 0. The summed E-state index contributed by atoms with van der Waals surface area (Å²) in [6, 6.07) is 7.37. The summed E-state index contributed by atoms with van der Waals surface area (Å²) < 4.78 is 0. The van der Waals surface area contributed by atoms with Crippen LogP contribution in [0, 0.1) is 7.05 Å². The van der Waals surface area contributed by atoms with Crippen molar-refractivity contribution in [2.75, 3.05) is 0 Å². The van der Waals surface area contributed by atoms with Crippen LogP contribution >= 0.6 is 0 Å². The molecule has 1 aliphatic rings. The lowest BCUT2D eigenvalue weighted by Crippen LogP contribution is -3.05. The zero-order valence-corrected chi connectivity index (χ0v) is 6.45. The quantitative estimate of drug-likeness (QED) is 0.526. The standard InChI is InChI=1S/C9H8N2O/c1-11-9(12)8-5-3-2-4-7(8)6-10-11/h2-6,11H,1H2. The number of nitrogens with zero attached hydrogens (tertiary/aromatic N) is 1. The molecule has 0 aromatic heterocycles. The van der Waals surface area contributed by atoms with Crippen LogP contribution in [0.3, 0.4) is 0 Å². The number of fused-ring (bicyclic) bond motifs is 1. The molecular weight excluding hydrogens is 152 g/mol. The van der Waals surface area contributed by atoms with E-state index in [4.69, 9.17) is 0 Å². The molecule has 1 aromatic rings. The number of benzene rings is 1. The molecule has 1 amide bonds. The third-order valence-corrected chi connectivity index (χ3v) is 1.83. The van der Waals surface area contributed by atoms with Crippen LogP contribution in [-0.2, 0) is 0 Å². The van der Waals surface area contributed by atoms with Gasteiger partial charge in [-0.05, 0) is 6.07 Å². The number of rotatable bonds is 0. The second-order valence-corrected chi connectivity index (χ2v) is 2.62. The average Bonchev–Trinajstić information content (AvgIpc) is 2.12.